The Morgan fingerprint density at radius 3 is 1.82 bits per heavy atom. The van der Waals surface area contributed by atoms with Crippen LogP contribution >= 0.6 is 0 Å². The molecule has 0 bridgehead atoms. The quantitative estimate of drug-likeness (QED) is 0.304. The molecule has 0 saturated heterocycles. The third-order valence-electron chi connectivity index (χ3n) is 5.57. The van der Waals surface area contributed by atoms with E-state index in [4.69, 9.17) is 0 Å². The average Bonchev–Trinajstić information content (AvgIpc) is 2.87. The highest BCUT2D eigenvalue weighted by atomic mass is 32.2. The second kappa shape index (κ2) is 11.0. The topological polar surface area (TPSA) is 46.2 Å². The maximum Gasteiger partial charge on any atom is 0.147 e. The number of benzene rings is 4. The molecule has 1 unspecified atom stereocenters. The molecule has 6 heteroatoms. The third-order valence-corrected chi connectivity index (χ3v) is 8.21. The normalized spacial score (nSPS) is 14.8. The molecule has 0 aliphatic heterocycles. The summed E-state index contributed by atoms with van der Waals surface area (Å²) in [6.07, 6.45) is -1.58. The number of aryl methyl sites for hydroxylation is 2. The van der Waals surface area contributed by atoms with Crippen LogP contribution in [0.2, 0.25) is 0 Å². The van der Waals surface area contributed by atoms with Gasteiger partial charge in [0, 0.05) is 15.4 Å². The van der Waals surface area contributed by atoms with Gasteiger partial charge in [0.25, 0.3) is 0 Å². The molecule has 174 valence electrons. The van der Waals surface area contributed by atoms with E-state index in [-0.39, 0.29) is 0 Å². The molecular formula is C28H26FNO2S2. The van der Waals surface area contributed by atoms with Gasteiger partial charge in [-0.25, -0.2) is 17.5 Å². The van der Waals surface area contributed by atoms with Gasteiger partial charge in [0.1, 0.15) is 17.2 Å². The Morgan fingerprint density at radius 1 is 0.676 bits per heavy atom. The Kier molecular flexibility index (Phi) is 7.83. The fourth-order valence-electron chi connectivity index (χ4n) is 3.65. The summed E-state index contributed by atoms with van der Waals surface area (Å²) in [5, 5.41) is 0. The summed E-state index contributed by atoms with van der Waals surface area (Å²) in [5.74, 6) is 0. The van der Waals surface area contributed by atoms with E-state index in [9.17, 15) is 8.42 Å². The van der Waals surface area contributed by atoms with E-state index in [0.717, 1.165) is 11.1 Å². The lowest BCUT2D eigenvalue weighted by Gasteiger charge is -2.24. The molecule has 0 amide bonds. The molecule has 4 aromatic rings. The van der Waals surface area contributed by atoms with Crippen molar-refractivity contribution in [2.24, 2.45) is 0 Å². The molecule has 1 N–H and O–H groups in total. The summed E-state index contributed by atoms with van der Waals surface area (Å²) in [6.45, 7) is 3.91. The lowest BCUT2D eigenvalue weighted by atomic mass is 9.98. The predicted octanol–water partition coefficient (Wildman–Crippen LogP) is 6.53. The number of rotatable bonds is 8. The second-order valence-corrected chi connectivity index (χ2v) is 10.8. The van der Waals surface area contributed by atoms with Crippen LogP contribution in [0.4, 0.5) is 4.39 Å². The van der Waals surface area contributed by atoms with Crippen molar-refractivity contribution in [1.29, 1.82) is 0 Å². The van der Waals surface area contributed by atoms with Crippen LogP contribution in [0, 0.1) is 13.8 Å². The van der Waals surface area contributed by atoms with Crippen LogP contribution < -0.4 is 4.72 Å². The van der Waals surface area contributed by atoms with Gasteiger partial charge in [-0.05, 0) is 49.7 Å². The first kappa shape index (κ1) is 24.2. The van der Waals surface area contributed by atoms with Gasteiger partial charge in [-0.2, -0.15) is 0 Å². The number of halogens is 1. The molecule has 0 saturated carbocycles. The van der Waals surface area contributed by atoms with Crippen molar-refractivity contribution in [3.63, 3.8) is 0 Å². The van der Waals surface area contributed by atoms with Crippen LogP contribution in [-0.2, 0) is 21.8 Å². The first-order chi connectivity index (χ1) is 16.4. The Bertz CT molecular complexity index is 1290. The molecule has 3 nitrogen and oxygen atoms in total. The van der Waals surface area contributed by atoms with Gasteiger partial charge in [0.05, 0.1) is 21.7 Å². The molecule has 0 radical (unpaired) electrons. The molecular weight excluding hydrogens is 465 g/mol. The van der Waals surface area contributed by atoms with Crippen molar-refractivity contribution >= 4 is 21.8 Å². The Hall–Kier alpha value is -2.93. The highest BCUT2D eigenvalue weighted by molar-refractivity contribution is 7.85. The smallest absolute Gasteiger partial charge is 0.147 e. The van der Waals surface area contributed by atoms with Crippen molar-refractivity contribution in [2.75, 3.05) is 0 Å². The predicted molar refractivity (Wildman–Crippen MR) is 136 cm³/mol. The van der Waals surface area contributed by atoms with Gasteiger partial charge in [0.2, 0.25) is 0 Å². The van der Waals surface area contributed by atoms with Gasteiger partial charge < -0.3 is 0 Å². The van der Waals surface area contributed by atoms with Crippen molar-refractivity contribution < 1.29 is 12.8 Å². The van der Waals surface area contributed by atoms with Crippen molar-refractivity contribution in [2.45, 2.75) is 40.7 Å². The minimum atomic E-state index is -1.64. The maximum absolute atomic E-state index is 16.3. The maximum atomic E-state index is 16.3. The summed E-state index contributed by atoms with van der Waals surface area (Å²) >= 11 is 0. The molecule has 0 fully saturated rings. The average molecular weight is 492 g/mol. The number of nitrogens with one attached hydrogen (secondary N) is 1. The van der Waals surface area contributed by atoms with Crippen LogP contribution in [-0.4, -0.2) is 8.42 Å². The fraction of sp³-hybridized carbons (Fsp3) is 0.143. The SMILES string of the molecule is Cc1ccc(S(=O)N[C@H](c2ccccc2)[C@@H](F)c2ccccc2[S@@](=O)c2ccc(C)cc2)cc1. The van der Waals surface area contributed by atoms with E-state index < -0.39 is 34.0 Å². The van der Waals surface area contributed by atoms with Crippen molar-refractivity contribution in [3.05, 3.63) is 125 Å². The standard InChI is InChI=1S/C28H26FNO2S2/c1-20-12-16-23(17-13-20)33(31)26-11-7-6-10-25(26)27(29)28(22-8-4-3-5-9-22)30-34(32)24-18-14-21(2)15-19-24/h3-19,27-28,30H,1-2H3/t27-,28+,33-,34?/m0/s1. The molecule has 0 aromatic heterocycles. The van der Waals surface area contributed by atoms with Gasteiger partial charge in [-0.1, -0.05) is 83.9 Å². The zero-order chi connectivity index (χ0) is 24.1. The lowest BCUT2D eigenvalue weighted by molar-refractivity contribution is 0.275. The minimum Gasteiger partial charge on any atom is -0.249 e. The van der Waals surface area contributed by atoms with E-state index >= 15 is 4.39 Å². The summed E-state index contributed by atoms with van der Waals surface area (Å²) in [6, 6.07) is 29.7. The minimum absolute atomic E-state index is 0.309. The van der Waals surface area contributed by atoms with Gasteiger partial charge in [-0.15, -0.1) is 0 Å². The van der Waals surface area contributed by atoms with Crippen LogP contribution in [0.5, 0.6) is 0 Å². The summed E-state index contributed by atoms with van der Waals surface area (Å²) < 4.78 is 45.8. The highest BCUT2D eigenvalue weighted by Gasteiger charge is 2.29. The van der Waals surface area contributed by atoms with E-state index in [0.29, 0.717) is 25.8 Å². The molecule has 4 rings (SSSR count). The van der Waals surface area contributed by atoms with Crippen LogP contribution in [0.25, 0.3) is 0 Å². The van der Waals surface area contributed by atoms with Crippen LogP contribution in [0.15, 0.2) is 118 Å². The molecule has 4 aromatic carbocycles. The van der Waals surface area contributed by atoms with Gasteiger partial charge in [0.15, 0.2) is 0 Å². The first-order valence-corrected chi connectivity index (χ1v) is 13.2. The zero-order valence-electron chi connectivity index (χ0n) is 19.0. The fourth-order valence-corrected chi connectivity index (χ4v) is 5.89. The van der Waals surface area contributed by atoms with Gasteiger partial charge in [-0.3, -0.25) is 0 Å². The van der Waals surface area contributed by atoms with E-state index in [1.165, 1.54) is 0 Å². The number of alkyl halides is 1. The molecule has 34 heavy (non-hydrogen) atoms. The van der Waals surface area contributed by atoms with E-state index in [2.05, 4.69) is 4.72 Å². The Balaban J connectivity index is 1.70. The van der Waals surface area contributed by atoms with Crippen LogP contribution in [0.1, 0.15) is 34.5 Å². The first-order valence-electron chi connectivity index (χ1n) is 10.9. The summed E-state index contributed by atoms with van der Waals surface area (Å²) in [7, 11) is -3.19. The lowest BCUT2D eigenvalue weighted by Crippen LogP contribution is -2.28. The molecule has 4 atom stereocenters. The highest BCUT2D eigenvalue weighted by Crippen LogP contribution is 2.37. The third kappa shape index (κ3) is 5.58. The largest absolute Gasteiger partial charge is 0.249 e. The molecule has 0 aliphatic rings. The van der Waals surface area contributed by atoms with E-state index in [1.807, 2.05) is 56.3 Å². The molecule has 0 spiro atoms. The van der Waals surface area contributed by atoms with Crippen molar-refractivity contribution in [1.82, 2.24) is 4.72 Å². The number of hydrogen-bond acceptors (Lipinski definition) is 2. The second-order valence-electron chi connectivity index (χ2n) is 8.11. The number of hydrogen-bond donors (Lipinski definition) is 1. The summed E-state index contributed by atoms with van der Waals surface area (Å²) in [5.41, 5.74) is 3.08. The van der Waals surface area contributed by atoms with Crippen LogP contribution in [0.3, 0.4) is 0 Å². The molecule has 0 aliphatic carbocycles. The molecule has 0 heterocycles. The Labute approximate surface area is 205 Å². The van der Waals surface area contributed by atoms with E-state index in [1.54, 1.807) is 60.7 Å². The van der Waals surface area contributed by atoms with Gasteiger partial charge >= 0.3 is 0 Å². The Morgan fingerprint density at radius 2 is 1.21 bits per heavy atom. The zero-order valence-corrected chi connectivity index (χ0v) is 20.6. The monoisotopic (exact) mass is 491 g/mol. The summed E-state index contributed by atoms with van der Waals surface area (Å²) in [4.78, 5) is 1.58. The van der Waals surface area contributed by atoms with Crippen molar-refractivity contribution in [3.8, 4) is 0 Å².